The summed E-state index contributed by atoms with van der Waals surface area (Å²) >= 11 is 1.32. The van der Waals surface area contributed by atoms with Crippen molar-refractivity contribution >= 4 is 27.3 Å². The molecule has 0 bridgehead atoms. The summed E-state index contributed by atoms with van der Waals surface area (Å²) in [6, 6.07) is 3.53. The highest BCUT2D eigenvalue weighted by Gasteiger charge is 2.23. The Hall–Kier alpha value is -0.880. The quantitative estimate of drug-likeness (QED) is 0.930. The lowest BCUT2D eigenvalue weighted by atomic mass is 9.95. The van der Waals surface area contributed by atoms with Gasteiger partial charge in [-0.25, -0.2) is 13.1 Å². The van der Waals surface area contributed by atoms with E-state index in [9.17, 15) is 13.2 Å². The lowest BCUT2D eigenvalue weighted by Crippen LogP contribution is -2.35. The van der Waals surface area contributed by atoms with Crippen LogP contribution in [0.2, 0.25) is 0 Å². The predicted molar refractivity (Wildman–Crippen MR) is 74.5 cm³/mol. The number of rotatable bonds is 3. The van der Waals surface area contributed by atoms with Crippen molar-refractivity contribution in [2.75, 3.05) is 0 Å². The second kappa shape index (κ2) is 5.01. The van der Waals surface area contributed by atoms with Crippen LogP contribution in [0.25, 0.3) is 0 Å². The van der Waals surface area contributed by atoms with Crippen LogP contribution in [0.4, 0.5) is 0 Å². The third kappa shape index (κ3) is 3.55. The van der Waals surface area contributed by atoms with Crippen molar-refractivity contribution in [2.24, 2.45) is 0 Å². The molecule has 0 aliphatic heterocycles. The average molecular weight is 289 g/mol. The number of hydrogen-bond donors (Lipinski definition) is 1. The Labute approximate surface area is 112 Å². The molecule has 1 N–H and O–H groups in total. The lowest BCUT2D eigenvalue weighted by molar-refractivity contribution is 0.0985. The molecule has 18 heavy (non-hydrogen) atoms. The summed E-state index contributed by atoms with van der Waals surface area (Å²) < 4.78 is 25.3. The van der Waals surface area contributed by atoms with E-state index in [1.165, 1.54) is 25.2 Å². The number of carbonyl (C=O) groups is 1. The Balaban J connectivity index is 2.91. The molecule has 0 unspecified atom stereocenters. The summed E-state index contributed by atoms with van der Waals surface area (Å²) in [5.74, 6) is -0.552. The van der Waals surface area contributed by atoms with Crippen LogP contribution in [0.15, 0.2) is 12.1 Å². The van der Waals surface area contributed by atoms with Gasteiger partial charge in [0.25, 0.3) is 5.91 Å². The molecule has 1 aromatic rings. The van der Waals surface area contributed by atoms with Crippen molar-refractivity contribution in [3.8, 4) is 0 Å². The molecule has 1 amide bonds. The van der Waals surface area contributed by atoms with E-state index in [-0.39, 0.29) is 5.41 Å². The van der Waals surface area contributed by atoms with Crippen LogP contribution in [0.5, 0.6) is 0 Å². The molecule has 0 aromatic carbocycles. The lowest BCUT2D eigenvalue weighted by Gasteiger charge is -2.15. The minimum absolute atomic E-state index is 0.0415. The van der Waals surface area contributed by atoms with Crippen LogP contribution in [-0.2, 0) is 15.4 Å². The first-order chi connectivity index (χ1) is 8.04. The Kier molecular flexibility index (Phi) is 4.23. The molecule has 0 saturated heterocycles. The standard InChI is InChI=1S/C12H19NO3S2/c1-8(2)18(15,16)13-11(14)9-6-7-10(17-9)12(3,4)5/h6-8H,1-5H3,(H,13,14). The first kappa shape index (κ1) is 15.2. The third-order valence-electron chi connectivity index (χ3n) is 2.42. The first-order valence-electron chi connectivity index (χ1n) is 5.70. The summed E-state index contributed by atoms with van der Waals surface area (Å²) in [5, 5.41) is -0.622. The largest absolute Gasteiger partial charge is 0.274 e. The highest BCUT2D eigenvalue weighted by atomic mass is 32.2. The zero-order valence-corrected chi connectivity index (χ0v) is 12.9. The molecule has 0 aliphatic rings. The maximum Gasteiger partial charge on any atom is 0.274 e. The van der Waals surface area contributed by atoms with Gasteiger partial charge in [0.05, 0.1) is 10.1 Å². The minimum atomic E-state index is -3.56. The van der Waals surface area contributed by atoms with Crippen LogP contribution < -0.4 is 4.72 Å². The van der Waals surface area contributed by atoms with Gasteiger partial charge >= 0.3 is 0 Å². The van der Waals surface area contributed by atoms with Gasteiger partial charge in [0.2, 0.25) is 10.0 Å². The number of amides is 1. The van der Waals surface area contributed by atoms with E-state index in [4.69, 9.17) is 0 Å². The van der Waals surface area contributed by atoms with Crippen molar-refractivity contribution in [1.29, 1.82) is 0 Å². The summed E-state index contributed by atoms with van der Waals surface area (Å²) in [7, 11) is -3.56. The fraction of sp³-hybridized carbons (Fsp3) is 0.583. The fourth-order valence-corrected chi connectivity index (χ4v) is 2.79. The zero-order chi connectivity index (χ0) is 14.1. The molecule has 102 valence electrons. The number of carbonyl (C=O) groups excluding carboxylic acids is 1. The fourth-order valence-electron chi connectivity index (χ4n) is 1.16. The molecular weight excluding hydrogens is 270 g/mol. The molecular formula is C12H19NO3S2. The number of thiophene rings is 1. The first-order valence-corrected chi connectivity index (χ1v) is 8.06. The molecule has 6 heteroatoms. The molecule has 0 radical (unpaired) electrons. The number of nitrogens with one attached hydrogen (secondary N) is 1. The Morgan fingerprint density at radius 2 is 1.83 bits per heavy atom. The minimum Gasteiger partial charge on any atom is -0.267 e. The molecule has 1 aromatic heterocycles. The van der Waals surface area contributed by atoms with Crippen molar-refractivity contribution in [3.05, 3.63) is 21.9 Å². The summed E-state index contributed by atoms with van der Waals surface area (Å²) in [4.78, 5) is 13.3. The van der Waals surface area contributed by atoms with Gasteiger partial charge in [-0.3, -0.25) is 4.79 Å². The maximum atomic E-state index is 11.8. The van der Waals surface area contributed by atoms with Crippen LogP contribution in [0, 0.1) is 0 Å². The smallest absolute Gasteiger partial charge is 0.267 e. The molecule has 1 rings (SSSR count). The maximum absolute atomic E-state index is 11.8. The van der Waals surface area contributed by atoms with Crippen LogP contribution >= 0.6 is 11.3 Å². The van der Waals surface area contributed by atoms with E-state index in [0.29, 0.717) is 4.88 Å². The highest BCUT2D eigenvalue weighted by molar-refractivity contribution is 7.90. The highest BCUT2D eigenvalue weighted by Crippen LogP contribution is 2.29. The Morgan fingerprint density at radius 1 is 1.28 bits per heavy atom. The van der Waals surface area contributed by atoms with E-state index in [1.807, 2.05) is 26.8 Å². The monoisotopic (exact) mass is 289 g/mol. The molecule has 1 heterocycles. The van der Waals surface area contributed by atoms with Crippen molar-refractivity contribution in [3.63, 3.8) is 0 Å². The van der Waals surface area contributed by atoms with Crippen molar-refractivity contribution in [1.82, 2.24) is 4.72 Å². The van der Waals surface area contributed by atoms with Gasteiger partial charge in [-0.2, -0.15) is 0 Å². The normalized spacial score (nSPS) is 12.8. The van der Waals surface area contributed by atoms with E-state index >= 15 is 0 Å². The van der Waals surface area contributed by atoms with Crippen molar-refractivity contribution in [2.45, 2.75) is 45.3 Å². The van der Waals surface area contributed by atoms with E-state index in [1.54, 1.807) is 6.07 Å². The zero-order valence-electron chi connectivity index (χ0n) is 11.3. The Morgan fingerprint density at radius 3 is 2.22 bits per heavy atom. The molecule has 4 nitrogen and oxygen atoms in total. The second-order valence-electron chi connectivity index (χ2n) is 5.44. The number of hydrogen-bond acceptors (Lipinski definition) is 4. The van der Waals surface area contributed by atoms with Gasteiger partial charge in [-0.15, -0.1) is 11.3 Å². The van der Waals surface area contributed by atoms with Crippen LogP contribution in [0.1, 0.15) is 49.2 Å². The molecule has 0 saturated carbocycles. The van der Waals surface area contributed by atoms with E-state index < -0.39 is 21.2 Å². The van der Waals surface area contributed by atoms with Gasteiger partial charge in [-0.05, 0) is 31.4 Å². The topological polar surface area (TPSA) is 63.2 Å². The van der Waals surface area contributed by atoms with E-state index in [0.717, 1.165) is 4.88 Å². The molecule has 0 atom stereocenters. The second-order valence-corrected chi connectivity index (χ2v) is 8.76. The third-order valence-corrected chi connectivity index (χ3v) is 5.65. The van der Waals surface area contributed by atoms with Crippen LogP contribution in [-0.4, -0.2) is 19.6 Å². The van der Waals surface area contributed by atoms with Gasteiger partial charge in [0.1, 0.15) is 0 Å². The average Bonchev–Trinajstić information content (AvgIpc) is 2.64. The molecule has 0 aliphatic carbocycles. The summed E-state index contributed by atoms with van der Waals surface area (Å²) in [5.41, 5.74) is -0.0415. The van der Waals surface area contributed by atoms with E-state index in [2.05, 4.69) is 4.72 Å². The molecule has 0 spiro atoms. The number of sulfonamides is 1. The van der Waals surface area contributed by atoms with Gasteiger partial charge in [0.15, 0.2) is 0 Å². The SMILES string of the molecule is CC(C)S(=O)(=O)NC(=O)c1ccc(C(C)(C)C)s1. The van der Waals surface area contributed by atoms with Gasteiger partial charge < -0.3 is 0 Å². The summed E-state index contributed by atoms with van der Waals surface area (Å²) in [6.07, 6.45) is 0. The van der Waals surface area contributed by atoms with Gasteiger partial charge in [-0.1, -0.05) is 20.8 Å². The molecule has 0 fully saturated rings. The van der Waals surface area contributed by atoms with Crippen LogP contribution in [0.3, 0.4) is 0 Å². The van der Waals surface area contributed by atoms with Gasteiger partial charge in [0, 0.05) is 4.88 Å². The predicted octanol–water partition coefficient (Wildman–Crippen LogP) is 2.51. The van der Waals surface area contributed by atoms with Crippen molar-refractivity contribution < 1.29 is 13.2 Å². The summed E-state index contributed by atoms with van der Waals surface area (Å²) in [6.45, 7) is 9.21. The Bertz CT molecular complexity index is 536.